The number of nitrogens with zero attached hydrogens (tertiary/aromatic N) is 1. The molecule has 0 saturated heterocycles. The molecule has 0 aromatic heterocycles. The number of hydrogen-bond donors (Lipinski definition) is 2. The Hall–Kier alpha value is -1.85. The third-order valence-electron chi connectivity index (χ3n) is 2.13. The maximum absolute atomic E-state index is 10.8. The molecule has 6 heteroatoms. The van der Waals surface area contributed by atoms with Crippen molar-refractivity contribution in [2.24, 2.45) is 16.8 Å². The molecule has 0 spiro atoms. The predicted octanol–water partition coefficient (Wildman–Crippen LogP) is 0.243. The average Bonchev–Trinajstić information content (AvgIpc) is 2.08. The molecule has 0 atom stereocenters. The van der Waals surface area contributed by atoms with E-state index >= 15 is 0 Å². The Labute approximate surface area is 86.4 Å². The molecule has 3 N–H and O–H groups in total. The van der Waals surface area contributed by atoms with Crippen LogP contribution in [0.1, 0.15) is 19.3 Å². The second-order valence-electron chi connectivity index (χ2n) is 3.23. The molecule has 0 heterocycles. The van der Waals surface area contributed by atoms with Crippen LogP contribution in [0.5, 0.6) is 0 Å². The molecule has 0 aromatic rings. The minimum absolute atomic E-state index is 0.196. The van der Waals surface area contributed by atoms with Crippen LogP contribution in [0.2, 0.25) is 0 Å². The third kappa shape index (κ3) is 3.80. The fourth-order valence-corrected chi connectivity index (χ4v) is 1.05. The average molecular weight is 212 g/mol. The molecule has 1 saturated carbocycles. The van der Waals surface area contributed by atoms with Crippen LogP contribution in [0.15, 0.2) is 17.3 Å². The highest BCUT2D eigenvalue weighted by Crippen LogP contribution is 2.26. The molecule has 0 bridgehead atoms. The lowest BCUT2D eigenvalue weighted by Gasteiger charge is -2.23. The van der Waals surface area contributed by atoms with E-state index in [4.69, 9.17) is 10.8 Å². The molecule has 0 radical (unpaired) electrons. The molecule has 0 amide bonds. The molecule has 6 nitrogen and oxygen atoms in total. The van der Waals surface area contributed by atoms with Gasteiger partial charge in [-0.2, -0.15) is 0 Å². The number of hydrogen-bond acceptors (Lipinski definition) is 4. The summed E-state index contributed by atoms with van der Waals surface area (Å²) in [6, 6.07) is 0. The van der Waals surface area contributed by atoms with Crippen LogP contribution < -0.4 is 5.73 Å². The summed E-state index contributed by atoms with van der Waals surface area (Å²) in [5.41, 5.74) is 5.52. The summed E-state index contributed by atoms with van der Waals surface area (Å²) in [7, 11) is 0. The van der Waals surface area contributed by atoms with Gasteiger partial charge in [0.2, 0.25) is 0 Å². The van der Waals surface area contributed by atoms with E-state index in [1.807, 2.05) is 0 Å². The normalized spacial score (nSPS) is 17.5. The van der Waals surface area contributed by atoms with Gasteiger partial charge in [-0.15, -0.1) is 0 Å². The van der Waals surface area contributed by atoms with Crippen LogP contribution in [0, 0.1) is 5.92 Å². The van der Waals surface area contributed by atoms with Gasteiger partial charge >= 0.3 is 11.9 Å². The summed E-state index contributed by atoms with van der Waals surface area (Å²) in [5.74, 6) is -1.58. The van der Waals surface area contributed by atoms with Crippen LogP contribution >= 0.6 is 0 Å². The van der Waals surface area contributed by atoms with Crippen LogP contribution in [-0.4, -0.2) is 22.9 Å². The Balaban J connectivity index is 2.34. The Morgan fingerprint density at radius 2 is 2.07 bits per heavy atom. The zero-order valence-electron chi connectivity index (χ0n) is 8.05. The van der Waals surface area contributed by atoms with E-state index in [-0.39, 0.29) is 5.92 Å². The van der Waals surface area contributed by atoms with Crippen molar-refractivity contribution in [2.45, 2.75) is 19.3 Å². The second-order valence-corrected chi connectivity index (χ2v) is 3.23. The van der Waals surface area contributed by atoms with Crippen molar-refractivity contribution >= 4 is 17.8 Å². The van der Waals surface area contributed by atoms with Gasteiger partial charge in [0, 0.05) is 18.1 Å². The molecule has 1 aliphatic rings. The number of carboxylic acids is 1. The molecule has 1 aliphatic carbocycles. The van der Waals surface area contributed by atoms with E-state index < -0.39 is 11.9 Å². The first kappa shape index (κ1) is 11.2. The third-order valence-corrected chi connectivity index (χ3v) is 2.13. The summed E-state index contributed by atoms with van der Waals surface area (Å²) < 4.78 is 0. The number of carbonyl (C=O) groups is 2. The summed E-state index contributed by atoms with van der Waals surface area (Å²) in [6.07, 6.45) is 4.47. The summed E-state index contributed by atoms with van der Waals surface area (Å²) in [5, 5.41) is 11.6. The lowest BCUT2D eigenvalue weighted by atomic mass is 9.85. The number of oxime groups is 1. The van der Waals surface area contributed by atoms with Crippen LogP contribution in [0.4, 0.5) is 0 Å². The van der Waals surface area contributed by atoms with E-state index in [1.165, 1.54) is 0 Å². The van der Waals surface area contributed by atoms with Gasteiger partial charge in [0.15, 0.2) is 0 Å². The molecule has 0 unspecified atom stereocenters. The van der Waals surface area contributed by atoms with Crippen molar-refractivity contribution < 1.29 is 19.5 Å². The Morgan fingerprint density at radius 1 is 1.40 bits per heavy atom. The highest BCUT2D eigenvalue weighted by Gasteiger charge is 2.21. The molecular weight excluding hydrogens is 200 g/mol. The molecular formula is C9H12N2O4. The zero-order valence-corrected chi connectivity index (χ0v) is 8.05. The molecule has 15 heavy (non-hydrogen) atoms. The van der Waals surface area contributed by atoms with Crippen LogP contribution in [0.25, 0.3) is 0 Å². The fourth-order valence-electron chi connectivity index (χ4n) is 1.05. The van der Waals surface area contributed by atoms with E-state index in [0.717, 1.165) is 25.3 Å². The summed E-state index contributed by atoms with van der Waals surface area (Å²) >= 11 is 0. The number of nitrogens with two attached hydrogens (primary N) is 1. The lowest BCUT2D eigenvalue weighted by Crippen LogP contribution is -2.29. The molecule has 82 valence electrons. The van der Waals surface area contributed by atoms with Crippen molar-refractivity contribution in [3.63, 3.8) is 0 Å². The quantitative estimate of drug-likeness (QED) is 0.228. The maximum Gasteiger partial charge on any atom is 0.358 e. The van der Waals surface area contributed by atoms with Gasteiger partial charge in [-0.1, -0.05) is 11.6 Å². The first-order valence-corrected chi connectivity index (χ1v) is 4.55. The fraction of sp³-hybridized carbons (Fsp3) is 0.444. The van der Waals surface area contributed by atoms with Crippen molar-refractivity contribution in [3.05, 3.63) is 12.2 Å². The standard InChI is InChI=1S/C9H12N2O4/c10-9(6-2-1-3-6)11-15-8(14)5-4-7(12)13/h4-6H,1-3H2,(H2,10,11)(H,12,13). The molecule has 0 aromatic carbocycles. The van der Waals surface area contributed by atoms with Gasteiger partial charge in [-0.3, -0.25) is 0 Å². The van der Waals surface area contributed by atoms with Gasteiger partial charge in [0.05, 0.1) is 0 Å². The van der Waals surface area contributed by atoms with E-state index in [0.29, 0.717) is 11.9 Å². The SMILES string of the molecule is N/C(=N\OC(=O)C=CC(=O)O)C1CCC1. The van der Waals surface area contributed by atoms with Gasteiger partial charge in [-0.25, -0.2) is 9.59 Å². The minimum Gasteiger partial charge on any atom is -0.478 e. The maximum atomic E-state index is 10.8. The number of aliphatic carboxylic acids is 1. The lowest BCUT2D eigenvalue weighted by molar-refractivity contribution is -0.138. The van der Waals surface area contributed by atoms with Gasteiger partial charge in [0.1, 0.15) is 5.84 Å². The highest BCUT2D eigenvalue weighted by molar-refractivity contribution is 5.91. The first-order valence-electron chi connectivity index (χ1n) is 4.55. The van der Waals surface area contributed by atoms with Gasteiger partial charge in [0.25, 0.3) is 0 Å². The number of rotatable bonds is 4. The Bertz CT molecular complexity index is 318. The van der Waals surface area contributed by atoms with Crippen LogP contribution in [-0.2, 0) is 14.4 Å². The molecule has 1 fully saturated rings. The summed E-state index contributed by atoms with van der Waals surface area (Å²) in [6.45, 7) is 0. The highest BCUT2D eigenvalue weighted by atomic mass is 16.7. The van der Waals surface area contributed by atoms with Crippen molar-refractivity contribution in [2.75, 3.05) is 0 Å². The van der Waals surface area contributed by atoms with Crippen molar-refractivity contribution in [1.29, 1.82) is 0 Å². The second kappa shape index (κ2) is 5.14. The van der Waals surface area contributed by atoms with Crippen molar-refractivity contribution in [3.8, 4) is 0 Å². The first-order chi connectivity index (χ1) is 7.09. The van der Waals surface area contributed by atoms with Crippen molar-refractivity contribution in [1.82, 2.24) is 0 Å². The van der Waals surface area contributed by atoms with E-state index in [2.05, 4.69) is 9.99 Å². The largest absolute Gasteiger partial charge is 0.478 e. The van der Waals surface area contributed by atoms with Crippen LogP contribution in [0.3, 0.4) is 0 Å². The Kier molecular flexibility index (Phi) is 3.84. The minimum atomic E-state index is -1.22. The smallest absolute Gasteiger partial charge is 0.358 e. The van der Waals surface area contributed by atoms with E-state index in [9.17, 15) is 9.59 Å². The van der Waals surface area contributed by atoms with Gasteiger partial charge < -0.3 is 15.7 Å². The Morgan fingerprint density at radius 3 is 2.53 bits per heavy atom. The topological polar surface area (TPSA) is 102 Å². The number of carboxylic acid groups (broad SMARTS) is 1. The van der Waals surface area contributed by atoms with E-state index in [1.54, 1.807) is 0 Å². The monoisotopic (exact) mass is 212 g/mol. The number of amidine groups is 1. The summed E-state index contributed by atoms with van der Waals surface area (Å²) in [4.78, 5) is 25.3. The number of carbonyl (C=O) groups excluding carboxylic acids is 1. The molecule has 0 aliphatic heterocycles. The molecule has 1 rings (SSSR count). The van der Waals surface area contributed by atoms with Gasteiger partial charge in [-0.05, 0) is 12.8 Å². The zero-order chi connectivity index (χ0) is 11.3. The predicted molar refractivity (Wildman–Crippen MR) is 51.8 cm³/mol.